The molecule has 4 heterocycles. The molecule has 4 aliphatic rings. The highest BCUT2D eigenvalue weighted by molar-refractivity contribution is 6.90. The molecule has 1 aliphatic carbocycles. The van der Waals surface area contributed by atoms with Gasteiger partial charge in [-0.05, 0) is 149 Å². The normalized spacial score (nSPS) is 15.5. The number of anilines is 3. The van der Waals surface area contributed by atoms with Gasteiger partial charge in [-0.2, -0.15) is 0 Å². The van der Waals surface area contributed by atoms with Crippen LogP contribution in [0.5, 0.6) is 5.75 Å². The number of ether oxygens (including phenoxy) is 1. The molecule has 0 radical (unpaired) electrons. The first-order valence-electron chi connectivity index (χ1n) is 27.5. The van der Waals surface area contributed by atoms with Crippen LogP contribution in [0, 0.1) is 0 Å². The number of nitrogens with zero attached hydrogens (tertiary/aromatic N) is 2. The van der Waals surface area contributed by atoms with Crippen molar-refractivity contribution in [2.24, 2.45) is 0 Å². The summed E-state index contributed by atoms with van der Waals surface area (Å²) in [5.41, 5.74) is 22.4. The lowest BCUT2D eigenvalue weighted by Gasteiger charge is -2.42. The van der Waals surface area contributed by atoms with Crippen molar-refractivity contribution in [2.45, 2.75) is 24.9 Å². The predicted molar refractivity (Wildman–Crippen MR) is 327 cm³/mol. The second kappa shape index (κ2) is 16.9. The van der Waals surface area contributed by atoms with Crippen molar-refractivity contribution in [1.29, 1.82) is 0 Å². The standard InChI is InChI=1S/C74H49BN2O/c1-5-21-46(22-6-1)37-59-55-31-15-16-32-56(55)60(38-47-23-7-2-8-24-47)62-44-66-64(43-61(59)62)75-73-67(76(66)53-40-51(48-25-9-3-10-26-48)39-52(41-53)49-27-11-4-12-28-49)45-69-71(58-34-18-20-36-68(58)78-69)72(73)63-42-50-29-13-14-30-54(50)70-57-33-17-19-35-65(57)77(75)74(63)70/h1-36,39-45,58,68H,37-38H2. The lowest BCUT2D eigenvalue weighted by molar-refractivity contribution is 0.269. The fourth-order valence-corrected chi connectivity index (χ4v) is 14.3. The van der Waals surface area contributed by atoms with Crippen LogP contribution in [0.1, 0.15) is 33.7 Å². The minimum absolute atomic E-state index is 0.0605. The van der Waals surface area contributed by atoms with Gasteiger partial charge in [0.25, 0.3) is 0 Å². The average molecular weight is 993 g/mol. The first-order chi connectivity index (χ1) is 38.7. The summed E-state index contributed by atoms with van der Waals surface area (Å²) in [6.45, 7) is -0.186. The monoisotopic (exact) mass is 992 g/mol. The van der Waals surface area contributed by atoms with Crippen LogP contribution in [0.15, 0.2) is 261 Å². The molecule has 3 nitrogen and oxygen atoms in total. The molecule has 0 fully saturated rings. The quantitative estimate of drug-likeness (QED) is 0.117. The SMILES string of the molecule is C1=CC2Oc3cc4c5c(c3C2C=C1)-c1cc2ccccc2c2c3ccccc3n(c12)B5c1cc2c(Cc3ccccc3)c3ccccc3c(Cc3ccccc3)c2cc1N4c1cc(-c2ccccc2)cc(-c2ccccc2)c1. The number of benzene rings is 12. The summed E-state index contributed by atoms with van der Waals surface area (Å²) in [6, 6.07) is 88.8. The Hall–Kier alpha value is -9.64. The number of aromatic nitrogens is 1. The Labute approximate surface area is 453 Å². The van der Waals surface area contributed by atoms with E-state index in [1.54, 1.807) is 0 Å². The fourth-order valence-electron chi connectivity index (χ4n) is 14.3. The van der Waals surface area contributed by atoms with Crippen molar-refractivity contribution in [3.05, 3.63) is 289 Å². The van der Waals surface area contributed by atoms with Crippen molar-refractivity contribution < 1.29 is 4.74 Å². The van der Waals surface area contributed by atoms with Gasteiger partial charge >= 0.3 is 6.85 Å². The average Bonchev–Trinajstić information content (AvgIpc) is 4.24. The van der Waals surface area contributed by atoms with E-state index in [2.05, 4.69) is 270 Å². The van der Waals surface area contributed by atoms with Gasteiger partial charge in [0.15, 0.2) is 0 Å². The summed E-state index contributed by atoms with van der Waals surface area (Å²) in [5, 5.41) is 10.3. The minimum Gasteiger partial charge on any atom is -0.485 e. The van der Waals surface area contributed by atoms with Crippen LogP contribution in [0.2, 0.25) is 0 Å². The number of hydrogen-bond acceptors (Lipinski definition) is 2. The summed E-state index contributed by atoms with van der Waals surface area (Å²) in [5.74, 6) is 1.02. The lowest BCUT2D eigenvalue weighted by atomic mass is 9.44. The zero-order valence-electron chi connectivity index (χ0n) is 42.8. The summed E-state index contributed by atoms with van der Waals surface area (Å²) in [4.78, 5) is 2.63. The van der Waals surface area contributed by atoms with Crippen LogP contribution in [0.25, 0.3) is 87.5 Å². The molecule has 0 spiro atoms. The first kappa shape index (κ1) is 43.6. The van der Waals surface area contributed by atoms with Gasteiger partial charge in [-0.3, -0.25) is 0 Å². The highest BCUT2D eigenvalue weighted by atomic mass is 16.5. The topological polar surface area (TPSA) is 17.4 Å². The van der Waals surface area contributed by atoms with E-state index in [0.717, 1.165) is 30.0 Å². The predicted octanol–water partition coefficient (Wildman–Crippen LogP) is 17.2. The van der Waals surface area contributed by atoms with Crippen LogP contribution in [-0.4, -0.2) is 17.4 Å². The lowest BCUT2D eigenvalue weighted by Crippen LogP contribution is -2.57. The maximum atomic E-state index is 7.27. The van der Waals surface area contributed by atoms with Crippen LogP contribution in [0.4, 0.5) is 17.1 Å². The number of allylic oxidation sites excluding steroid dienone is 2. The third-order valence-corrected chi connectivity index (χ3v) is 17.5. The Balaban J connectivity index is 1.07. The summed E-state index contributed by atoms with van der Waals surface area (Å²) < 4.78 is 10.0. The molecule has 17 rings (SSSR count). The van der Waals surface area contributed by atoms with E-state index < -0.39 is 0 Å². The van der Waals surface area contributed by atoms with Crippen LogP contribution < -0.4 is 20.6 Å². The molecule has 2 unspecified atom stereocenters. The number of hydrogen-bond donors (Lipinski definition) is 0. The van der Waals surface area contributed by atoms with Gasteiger partial charge in [0.1, 0.15) is 11.9 Å². The van der Waals surface area contributed by atoms with Gasteiger partial charge in [0, 0.05) is 62.0 Å². The molecule has 364 valence electrons. The smallest absolute Gasteiger partial charge is 0.333 e. The molecular weight excluding hydrogens is 944 g/mol. The van der Waals surface area contributed by atoms with Gasteiger partial charge in [-0.25, -0.2) is 0 Å². The van der Waals surface area contributed by atoms with Crippen molar-refractivity contribution in [2.75, 3.05) is 4.90 Å². The fraction of sp³-hybridized carbons (Fsp3) is 0.0541. The van der Waals surface area contributed by atoms with Gasteiger partial charge in [0.05, 0.1) is 0 Å². The van der Waals surface area contributed by atoms with Crippen molar-refractivity contribution in [3.63, 3.8) is 0 Å². The zero-order chi connectivity index (χ0) is 51.0. The second-order valence-electron chi connectivity index (χ2n) is 21.8. The number of para-hydroxylation sites is 1. The van der Waals surface area contributed by atoms with Gasteiger partial charge < -0.3 is 14.1 Å². The molecule has 0 N–H and O–H groups in total. The molecule has 0 bridgehead atoms. The highest BCUT2D eigenvalue weighted by Gasteiger charge is 2.48. The van der Waals surface area contributed by atoms with E-state index in [1.807, 2.05) is 0 Å². The summed E-state index contributed by atoms with van der Waals surface area (Å²) in [6.07, 6.45) is 10.5. The maximum absolute atomic E-state index is 7.27. The van der Waals surface area contributed by atoms with Gasteiger partial charge in [-0.1, -0.05) is 212 Å². The van der Waals surface area contributed by atoms with E-state index in [-0.39, 0.29) is 18.9 Å². The highest BCUT2D eigenvalue weighted by Crippen LogP contribution is 2.56. The molecule has 0 amide bonds. The zero-order valence-corrected chi connectivity index (χ0v) is 42.8. The molecule has 0 saturated carbocycles. The van der Waals surface area contributed by atoms with Crippen molar-refractivity contribution >= 4 is 89.0 Å². The van der Waals surface area contributed by atoms with E-state index in [4.69, 9.17) is 4.74 Å². The summed E-state index contributed by atoms with van der Waals surface area (Å²) in [7, 11) is 0. The molecular formula is C74H49BN2O. The second-order valence-corrected chi connectivity index (χ2v) is 21.8. The molecule has 12 aromatic carbocycles. The molecule has 2 atom stereocenters. The molecule has 1 aromatic heterocycles. The van der Waals surface area contributed by atoms with E-state index in [0.29, 0.717) is 0 Å². The van der Waals surface area contributed by atoms with Crippen molar-refractivity contribution in [3.8, 4) is 39.1 Å². The van der Waals surface area contributed by atoms with Crippen LogP contribution >= 0.6 is 0 Å². The summed E-state index contributed by atoms with van der Waals surface area (Å²) >= 11 is 0. The minimum atomic E-state index is -0.186. The Morgan fingerprint density at radius 2 is 1.01 bits per heavy atom. The van der Waals surface area contributed by atoms with E-state index in [9.17, 15) is 0 Å². The van der Waals surface area contributed by atoms with E-state index >= 15 is 0 Å². The first-order valence-corrected chi connectivity index (χ1v) is 27.5. The Morgan fingerprint density at radius 1 is 0.449 bits per heavy atom. The number of fused-ring (bicyclic) bond motifs is 15. The number of rotatable bonds is 7. The molecule has 3 aliphatic heterocycles. The van der Waals surface area contributed by atoms with Gasteiger partial charge in [-0.15, -0.1) is 0 Å². The maximum Gasteiger partial charge on any atom is 0.333 e. The van der Waals surface area contributed by atoms with E-state index in [1.165, 1.54) is 132 Å². The molecule has 0 saturated heterocycles. The third-order valence-electron chi connectivity index (χ3n) is 17.5. The molecule has 78 heavy (non-hydrogen) atoms. The largest absolute Gasteiger partial charge is 0.485 e. The third kappa shape index (κ3) is 6.41. The van der Waals surface area contributed by atoms with Crippen molar-refractivity contribution in [1.82, 2.24) is 4.48 Å². The Morgan fingerprint density at radius 3 is 1.68 bits per heavy atom. The molecule has 13 aromatic rings. The Bertz CT molecular complexity index is 4650. The van der Waals surface area contributed by atoms with Crippen LogP contribution in [-0.2, 0) is 12.8 Å². The van der Waals surface area contributed by atoms with Gasteiger partial charge in [0.2, 0.25) is 0 Å². The molecule has 4 heteroatoms. The van der Waals surface area contributed by atoms with Crippen LogP contribution in [0.3, 0.4) is 0 Å². The Kier molecular flexibility index (Phi) is 9.46.